The summed E-state index contributed by atoms with van der Waals surface area (Å²) in [5.74, 6) is -0.373. The zero-order chi connectivity index (χ0) is 6.85. The quantitative estimate of drug-likeness (QED) is 0.505. The van der Waals surface area contributed by atoms with Gasteiger partial charge in [0.25, 0.3) is 0 Å². The summed E-state index contributed by atoms with van der Waals surface area (Å²) in [7, 11) is 0. The predicted molar refractivity (Wildman–Crippen MR) is 39.7 cm³/mol. The molecule has 0 saturated carbocycles. The number of hydrogen-bond acceptors (Lipinski definition) is 1. The highest BCUT2D eigenvalue weighted by molar-refractivity contribution is 14.1. The largest absolute Gasteiger partial charge is 0.247 e. The van der Waals surface area contributed by atoms with Gasteiger partial charge in [-0.3, -0.25) is 0 Å². The van der Waals surface area contributed by atoms with E-state index in [4.69, 9.17) is 0 Å². The third kappa shape index (κ3) is 2.00. The summed E-state index contributed by atoms with van der Waals surface area (Å²) in [5.41, 5.74) is 0. The van der Waals surface area contributed by atoms with Gasteiger partial charge in [-0.2, -0.15) is 0 Å². The van der Waals surface area contributed by atoms with Crippen LogP contribution in [0.1, 0.15) is 6.42 Å². The van der Waals surface area contributed by atoms with Crippen molar-refractivity contribution < 1.29 is 8.78 Å². The van der Waals surface area contributed by atoms with E-state index in [1.54, 1.807) is 0 Å². The molecular weight excluding hydrogens is 239 g/mol. The maximum atomic E-state index is 11.9. The van der Waals surface area contributed by atoms with E-state index in [2.05, 4.69) is 22.9 Å². The zero-order valence-electron chi connectivity index (χ0n) is 4.86. The Hall–Kier alpha value is 0.550. The van der Waals surface area contributed by atoms with Crippen LogP contribution in [-0.2, 0) is 0 Å². The van der Waals surface area contributed by atoms with E-state index in [0.29, 0.717) is 13.0 Å². The molecular formula is C5H8F2IN. The van der Waals surface area contributed by atoms with Gasteiger partial charge in [0.05, 0.1) is 0 Å². The molecule has 0 unspecified atom stereocenters. The maximum absolute atomic E-state index is 11.9. The van der Waals surface area contributed by atoms with Crippen molar-refractivity contribution in [2.45, 2.75) is 12.8 Å². The van der Waals surface area contributed by atoms with Gasteiger partial charge in [-0.15, -0.1) is 0 Å². The Morgan fingerprint density at radius 3 is 2.44 bits per heavy atom. The molecule has 1 aliphatic heterocycles. The van der Waals surface area contributed by atoms with E-state index < -0.39 is 6.43 Å². The Balaban J connectivity index is 2.30. The topological polar surface area (TPSA) is 3.24 Å². The summed E-state index contributed by atoms with van der Waals surface area (Å²) < 4.78 is 25.7. The van der Waals surface area contributed by atoms with Crippen molar-refractivity contribution in [2.75, 3.05) is 13.1 Å². The summed E-state index contributed by atoms with van der Waals surface area (Å²) in [6.07, 6.45) is -1.47. The molecule has 1 heterocycles. The smallest absolute Gasteiger partial charge is 0.242 e. The molecule has 1 rings (SSSR count). The van der Waals surface area contributed by atoms with Gasteiger partial charge in [0, 0.05) is 41.9 Å². The van der Waals surface area contributed by atoms with Crippen molar-refractivity contribution in [3.8, 4) is 0 Å². The first-order chi connectivity index (χ1) is 4.20. The molecule has 0 radical (unpaired) electrons. The molecule has 0 bridgehead atoms. The molecule has 1 aliphatic rings. The van der Waals surface area contributed by atoms with E-state index in [9.17, 15) is 8.78 Å². The SMILES string of the molecule is FC(F)[C@@H]1CCN(I)C1. The third-order valence-electron chi connectivity index (χ3n) is 1.53. The fourth-order valence-electron chi connectivity index (χ4n) is 0.949. The summed E-state index contributed by atoms with van der Waals surface area (Å²) in [5, 5.41) is 0. The monoisotopic (exact) mass is 247 g/mol. The van der Waals surface area contributed by atoms with Crippen LogP contribution in [0.15, 0.2) is 0 Å². The first-order valence-corrected chi connectivity index (χ1v) is 3.85. The predicted octanol–water partition coefficient (Wildman–Crippen LogP) is 1.92. The molecule has 0 amide bonds. The average molecular weight is 247 g/mol. The van der Waals surface area contributed by atoms with Crippen LogP contribution < -0.4 is 0 Å². The lowest BCUT2D eigenvalue weighted by atomic mass is 10.1. The molecule has 4 heteroatoms. The van der Waals surface area contributed by atoms with Crippen molar-refractivity contribution in [1.82, 2.24) is 3.11 Å². The van der Waals surface area contributed by atoms with Crippen LogP contribution in [0.5, 0.6) is 0 Å². The molecule has 0 N–H and O–H groups in total. The van der Waals surface area contributed by atoms with Gasteiger partial charge in [0.15, 0.2) is 0 Å². The fourth-order valence-corrected chi connectivity index (χ4v) is 1.73. The molecule has 54 valence electrons. The normalized spacial score (nSPS) is 30.0. The lowest BCUT2D eigenvalue weighted by molar-refractivity contribution is 0.0854. The molecule has 1 fully saturated rings. The summed E-state index contributed by atoms with van der Waals surface area (Å²) in [4.78, 5) is 0. The molecule has 0 aromatic heterocycles. The lowest BCUT2D eigenvalue weighted by Crippen LogP contribution is -2.13. The van der Waals surface area contributed by atoms with Crippen molar-refractivity contribution in [3.05, 3.63) is 0 Å². The van der Waals surface area contributed by atoms with Crippen LogP contribution in [0.3, 0.4) is 0 Å². The Morgan fingerprint density at radius 1 is 1.56 bits per heavy atom. The third-order valence-corrected chi connectivity index (χ3v) is 2.41. The van der Waals surface area contributed by atoms with Crippen LogP contribution in [0.4, 0.5) is 8.78 Å². The van der Waals surface area contributed by atoms with E-state index in [1.807, 2.05) is 3.11 Å². The van der Waals surface area contributed by atoms with E-state index >= 15 is 0 Å². The number of alkyl halides is 2. The molecule has 0 aromatic rings. The first-order valence-electron chi connectivity index (χ1n) is 2.89. The van der Waals surface area contributed by atoms with Crippen molar-refractivity contribution in [1.29, 1.82) is 0 Å². The van der Waals surface area contributed by atoms with Gasteiger partial charge in [0.2, 0.25) is 6.43 Å². The summed E-state index contributed by atoms with van der Waals surface area (Å²) >= 11 is 2.08. The number of nitrogens with zero attached hydrogens (tertiary/aromatic N) is 1. The van der Waals surface area contributed by atoms with Crippen LogP contribution in [0.2, 0.25) is 0 Å². The second-order valence-corrected chi connectivity index (χ2v) is 3.62. The standard InChI is InChI=1S/C5H8F2IN/c6-5(7)4-1-2-9(8)3-4/h4-5H,1-3H2/t4-/m1/s1. The van der Waals surface area contributed by atoms with Crippen LogP contribution in [-0.4, -0.2) is 22.6 Å². The molecule has 9 heavy (non-hydrogen) atoms. The van der Waals surface area contributed by atoms with E-state index in [1.165, 1.54) is 0 Å². The molecule has 0 aliphatic carbocycles. The average Bonchev–Trinajstić information content (AvgIpc) is 2.14. The Morgan fingerprint density at radius 2 is 2.22 bits per heavy atom. The van der Waals surface area contributed by atoms with Gasteiger partial charge in [-0.25, -0.2) is 11.9 Å². The number of rotatable bonds is 1. The second-order valence-electron chi connectivity index (χ2n) is 2.25. The molecule has 1 atom stereocenters. The lowest BCUT2D eigenvalue weighted by Gasteiger charge is -2.05. The Bertz CT molecular complexity index is 99.0. The Labute approximate surface area is 66.9 Å². The van der Waals surface area contributed by atoms with E-state index in [-0.39, 0.29) is 5.92 Å². The van der Waals surface area contributed by atoms with Gasteiger partial charge in [-0.1, -0.05) is 0 Å². The number of hydrogen-bond donors (Lipinski definition) is 0. The summed E-state index contributed by atoms with van der Waals surface area (Å²) in [6, 6.07) is 0. The number of halogens is 3. The maximum Gasteiger partial charge on any atom is 0.242 e. The van der Waals surface area contributed by atoms with Crippen molar-refractivity contribution >= 4 is 22.9 Å². The highest BCUT2D eigenvalue weighted by atomic mass is 127. The summed E-state index contributed by atoms with van der Waals surface area (Å²) in [6.45, 7) is 1.37. The first kappa shape index (κ1) is 7.65. The molecule has 0 spiro atoms. The highest BCUT2D eigenvalue weighted by Gasteiger charge is 2.27. The molecule has 1 saturated heterocycles. The second kappa shape index (κ2) is 3.09. The minimum Gasteiger partial charge on any atom is -0.247 e. The van der Waals surface area contributed by atoms with Crippen LogP contribution >= 0.6 is 22.9 Å². The van der Waals surface area contributed by atoms with Crippen LogP contribution in [0, 0.1) is 5.92 Å². The Kier molecular flexibility index (Phi) is 2.63. The van der Waals surface area contributed by atoms with Gasteiger partial charge in [-0.05, 0) is 6.42 Å². The molecule has 0 aromatic carbocycles. The van der Waals surface area contributed by atoms with Crippen molar-refractivity contribution in [3.63, 3.8) is 0 Å². The molecule has 1 nitrogen and oxygen atoms in total. The minimum absolute atomic E-state index is 0.373. The fraction of sp³-hybridized carbons (Fsp3) is 1.00. The minimum atomic E-state index is -2.12. The van der Waals surface area contributed by atoms with Gasteiger partial charge >= 0.3 is 0 Å². The van der Waals surface area contributed by atoms with Gasteiger partial charge < -0.3 is 0 Å². The van der Waals surface area contributed by atoms with Crippen LogP contribution in [0.25, 0.3) is 0 Å². The van der Waals surface area contributed by atoms with E-state index in [0.717, 1.165) is 6.54 Å². The highest BCUT2D eigenvalue weighted by Crippen LogP contribution is 2.24. The van der Waals surface area contributed by atoms with Gasteiger partial charge in [0.1, 0.15) is 0 Å². The van der Waals surface area contributed by atoms with Crippen molar-refractivity contribution in [2.24, 2.45) is 5.92 Å². The zero-order valence-corrected chi connectivity index (χ0v) is 7.01.